The molecular formula is C22H16ClF2N3O4S. The molecule has 1 aromatic heterocycles. The van der Waals surface area contributed by atoms with Crippen LogP contribution in [-0.4, -0.2) is 26.4 Å². The van der Waals surface area contributed by atoms with Crippen molar-refractivity contribution < 1.29 is 26.7 Å². The van der Waals surface area contributed by atoms with Crippen LogP contribution in [0.3, 0.4) is 0 Å². The Kier molecular flexibility index (Phi) is 5.96. The van der Waals surface area contributed by atoms with Crippen molar-refractivity contribution in [2.75, 3.05) is 12.4 Å². The average molecular weight is 492 g/mol. The number of halogens is 3. The Labute approximate surface area is 192 Å². The monoisotopic (exact) mass is 491 g/mol. The summed E-state index contributed by atoms with van der Waals surface area (Å²) in [7, 11) is -2.74. The number of carbonyl (C=O) groups is 1. The maximum absolute atomic E-state index is 14.4. The van der Waals surface area contributed by atoms with Gasteiger partial charge in [-0.2, -0.15) is 0 Å². The lowest BCUT2D eigenvalue weighted by Gasteiger charge is -2.09. The van der Waals surface area contributed by atoms with E-state index in [1.165, 1.54) is 67.8 Å². The predicted molar refractivity (Wildman–Crippen MR) is 121 cm³/mol. The van der Waals surface area contributed by atoms with Crippen molar-refractivity contribution in [2.45, 2.75) is 4.90 Å². The van der Waals surface area contributed by atoms with E-state index in [2.05, 4.69) is 10.3 Å². The zero-order valence-corrected chi connectivity index (χ0v) is 18.5. The molecule has 4 aromatic rings. The molecule has 11 heteroatoms. The lowest BCUT2D eigenvalue weighted by atomic mass is 10.2. The van der Waals surface area contributed by atoms with Gasteiger partial charge in [-0.25, -0.2) is 21.9 Å². The molecule has 1 amide bonds. The largest absolute Gasteiger partial charge is 0.497 e. The first-order chi connectivity index (χ1) is 15.7. The topological polar surface area (TPSA) is 100 Å². The molecule has 1 heterocycles. The number of aromatic amines is 1. The van der Waals surface area contributed by atoms with Crippen molar-refractivity contribution in [3.05, 3.63) is 83.0 Å². The number of fused-ring (bicyclic) bond motifs is 1. The number of anilines is 2. The summed E-state index contributed by atoms with van der Waals surface area (Å²) in [6, 6.07) is 13.3. The number of sulfonamides is 1. The van der Waals surface area contributed by atoms with Gasteiger partial charge in [-0.05, 0) is 60.7 Å². The van der Waals surface area contributed by atoms with Crippen LogP contribution in [0.25, 0.3) is 10.9 Å². The zero-order valence-electron chi connectivity index (χ0n) is 16.9. The number of carbonyl (C=O) groups excluding carboxylic acids is 1. The van der Waals surface area contributed by atoms with Gasteiger partial charge >= 0.3 is 0 Å². The van der Waals surface area contributed by atoms with Crippen LogP contribution in [0.5, 0.6) is 5.75 Å². The summed E-state index contributed by atoms with van der Waals surface area (Å²) >= 11 is 5.80. The standard InChI is InChI=1S/C22H16ClF2N3O4S/c1-32-13-3-5-14(6-4-13)33(30,31)28-22(29)20-11-15-19(9-8-18(25)21(15)27-20)26-12-2-7-17(24)16(23)10-12/h2-11,26-27H,1H3,(H,28,29). The number of rotatable bonds is 6. The Morgan fingerprint density at radius 2 is 1.70 bits per heavy atom. The van der Waals surface area contributed by atoms with Crippen LogP contribution in [0.1, 0.15) is 10.5 Å². The van der Waals surface area contributed by atoms with Crippen LogP contribution >= 0.6 is 11.6 Å². The first-order valence-electron chi connectivity index (χ1n) is 9.42. The van der Waals surface area contributed by atoms with E-state index >= 15 is 0 Å². The maximum Gasteiger partial charge on any atom is 0.281 e. The molecule has 0 aliphatic carbocycles. The second kappa shape index (κ2) is 8.72. The Balaban J connectivity index is 1.64. The molecule has 0 saturated heterocycles. The molecule has 0 spiro atoms. The van der Waals surface area contributed by atoms with E-state index in [9.17, 15) is 22.0 Å². The molecule has 3 aromatic carbocycles. The molecule has 0 unspecified atom stereocenters. The minimum Gasteiger partial charge on any atom is -0.497 e. The molecule has 0 fully saturated rings. The molecule has 0 atom stereocenters. The molecule has 7 nitrogen and oxygen atoms in total. The summed E-state index contributed by atoms with van der Waals surface area (Å²) in [5, 5.41) is 3.16. The molecule has 0 aliphatic heterocycles. The summed E-state index contributed by atoms with van der Waals surface area (Å²) in [4.78, 5) is 15.1. The maximum atomic E-state index is 14.4. The van der Waals surface area contributed by atoms with Crippen molar-refractivity contribution in [1.82, 2.24) is 9.71 Å². The summed E-state index contributed by atoms with van der Waals surface area (Å²) in [5.41, 5.74) is 0.638. The highest BCUT2D eigenvalue weighted by atomic mass is 35.5. The fraction of sp³-hybridized carbons (Fsp3) is 0.0455. The third-order valence-corrected chi connectivity index (χ3v) is 6.42. The third-order valence-electron chi connectivity index (χ3n) is 4.78. The number of H-pyrrole nitrogens is 1. The minimum absolute atomic E-state index is 0.0137. The van der Waals surface area contributed by atoms with Crippen LogP contribution in [-0.2, 0) is 10.0 Å². The van der Waals surface area contributed by atoms with Crippen molar-refractivity contribution in [1.29, 1.82) is 0 Å². The molecule has 0 radical (unpaired) electrons. The van der Waals surface area contributed by atoms with Crippen LogP contribution in [0, 0.1) is 11.6 Å². The van der Waals surface area contributed by atoms with Crippen LogP contribution in [0.15, 0.2) is 65.6 Å². The average Bonchev–Trinajstić information content (AvgIpc) is 3.25. The zero-order chi connectivity index (χ0) is 23.8. The first-order valence-corrected chi connectivity index (χ1v) is 11.3. The number of methoxy groups -OCH3 is 1. The fourth-order valence-corrected chi connectivity index (χ4v) is 4.28. The molecule has 33 heavy (non-hydrogen) atoms. The second-order valence-electron chi connectivity index (χ2n) is 6.93. The Morgan fingerprint density at radius 3 is 2.36 bits per heavy atom. The Hall–Kier alpha value is -3.63. The van der Waals surface area contributed by atoms with E-state index in [1.807, 2.05) is 4.72 Å². The van der Waals surface area contributed by atoms with Crippen LogP contribution < -0.4 is 14.8 Å². The predicted octanol–water partition coefficient (Wildman–Crippen LogP) is 4.97. The van der Waals surface area contributed by atoms with E-state index in [4.69, 9.17) is 16.3 Å². The molecule has 4 rings (SSSR count). The van der Waals surface area contributed by atoms with Gasteiger partial charge in [0.2, 0.25) is 0 Å². The van der Waals surface area contributed by atoms with E-state index in [-0.39, 0.29) is 26.5 Å². The van der Waals surface area contributed by atoms with E-state index in [1.54, 1.807) is 0 Å². The number of hydrogen-bond acceptors (Lipinski definition) is 5. The van der Waals surface area contributed by atoms with Gasteiger partial charge in [0.1, 0.15) is 23.1 Å². The van der Waals surface area contributed by atoms with E-state index < -0.39 is 27.6 Å². The summed E-state index contributed by atoms with van der Waals surface area (Å²) in [6.45, 7) is 0. The summed E-state index contributed by atoms with van der Waals surface area (Å²) in [6.07, 6.45) is 0. The highest BCUT2D eigenvalue weighted by molar-refractivity contribution is 7.90. The minimum atomic E-state index is -4.18. The second-order valence-corrected chi connectivity index (χ2v) is 9.02. The van der Waals surface area contributed by atoms with Crippen LogP contribution in [0.4, 0.5) is 20.2 Å². The van der Waals surface area contributed by atoms with Crippen molar-refractivity contribution in [2.24, 2.45) is 0 Å². The number of amides is 1. The highest BCUT2D eigenvalue weighted by Crippen LogP contribution is 2.30. The van der Waals surface area contributed by atoms with Gasteiger partial charge < -0.3 is 15.0 Å². The third kappa shape index (κ3) is 4.62. The molecule has 0 saturated carbocycles. The number of nitrogens with one attached hydrogen (secondary N) is 3. The Bertz CT molecular complexity index is 1470. The molecule has 3 N–H and O–H groups in total. The van der Waals surface area contributed by atoms with E-state index in [0.717, 1.165) is 0 Å². The van der Waals surface area contributed by atoms with Crippen molar-refractivity contribution in [3.63, 3.8) is 0 Å². The van der Waals surface area contributed by atoms with Gasteiger partial charge in [0.15, 0.2) is 0 Å². The molecule has 0 aliphatic rings. The number of hydrogen-bond donors (Lipinski definition) is 3. The molecule has 170 valence electrons. The smallest absolute Gasteiger partial charge is 0.281 e. The highest BCUT2D eigenvalue weighted by Gasteiger charge is 2.21. The van der Waals surface area contributed by atoms with Crippen molar-refractivity contribution >= 4 is 49.8 Å². The first kappa shape index (κ1) is 22.6. The normalized spacial score (nSPS) is 11.4. The van der Waals surface area contributed by atoms with Gasteiger partial charge in [-0.1, -0.05) is 11.6 Å². The van der Waals surface area contributed by atoms with Gasteiger partial charge in [0.05, 0.1) is 22.5 Å². The summed E-state index contributed by atoms with van der Waals surface area (Å²) in [5.74, 6) is -1.76. The van der Waals surface area contributed by atoms with Gasteiger partial charge in [-0.3, -0.25) is 4.79 Å². The SMILES string of the molecule is COc1ccc(S(=O)(=O)NC(=O)c2cc3c(Nc4ccc(F)c(Cl)c4)ccc(F)c3[nH]2)cc1. The number of ether oxygens (including phenoxy) is 1. The molecular weight excluding hydrogens is 476 g/mol. The number of benzene rings is 3. The lowest BCUT2D eigenvalue weighted by Crippen LogP contribution is -2.30. The van der Waals surface area contributed by atoms with Gasteiger partial charge in [-0.15, -0.1) is 0 Å². The summed E-state index contributed by atoms with van der Waals surface area (Å²) < 4.78 is 59.8. The lowest BCUT2D eigenvalue weighted by molar-refractivity contribution is 0.0977. The van der Waals surface area contributed by atoms with E-state index in [0.29, 0.717) is 17.1 Å². The fourth-order valence-electron chi connectivity index (χ4n) is 3.14. The Morgan fingerprint density at radius 1 is 1.00 bits per heavy atom. The van der Waals surface area contributed by atoms with Crippen molar-refractivity contribution in [3.8, 4) is 5.75 Å². The van der Waals surface area contributed by atoms with Gasteiger partial charge in [0.25, 0.3) is 15.9 Å². The van der Waals surface area contributed by atoms with Gasteiger partial charge in [0, 0.05) is 16.8 Å². The quantitative estimate of drug-likeness (QED) is 0.353. The van der Waals surface area contributed by atoms with Crippen LogP contribution in [0.2, 0.25) is 5.02 Å². The molecule has 0 bridgehead atoms. The number of aromatic nitrogens is 1.